The van der Waals surface area contributed by atoms with Gasteiger partial charge in [-0.05, 0) is 25.8 Å². The van der Waals surface area contributed by atoms with Crippen molar-refractivity contribution < 1.29 is 0 Å². The fraction of sp³-hybridized carbons (Fsp3) is 0.727. The summed E-state index contributed by atoms with van der Waals surface area (Å²) in [7, 11) is 0. The molecular formula is C11H18N2. The first-order valence-electron chi connectivity index (χ1n) is 5.05. The van der Waals surface area contributed by atoms with Crippen molar-refractivity contribution in [2.45, 2.75) is 26.2 Å². The maximum atomic E-state index is 8.80. The lowest BCUT2D eigenvalue weighted by Gasteiger charge is -2.29. The molecule has 0 N–H and O–H groups in total. The van der Waals surface area contributed by atoms with Gasteiger partial charge in [-0.15, -0.1) is 0 Å². The number of rotatable bonds is 3. The lowest BCUT2D eigenvalue weighted by Crippen LogP contribution is -2.35. The highest BCUT2D eigenvalue weighted by Gasteiger charge is 2.18. The van der Waals surface area contributed by atoms with E-state index in [1.165, 1.54) is 5.57 Å². The summed E-state index contributed by atoms with van der Waals surface area (Å²) >= 11 is 0. The topological polar surface area (TPSA) is 27.0 Å². The predicted molar refractivity (Wildman–Crippen MR) is 54.2 cm³/mol. The maximum Gasteiger partial charge on any atom is 0.0669 e. The summed E-state index contributed by atoms with van der Waals surface area (Å²) in [5.41, 5.74) is 1.28. The molecule has 2 heteroatoms. The van der Waals surface area contributed by atoms with Gasteiger partial charge in [0.15, 0.2) is 0 Å². The van der Waals surface area contributed by atoms with Gasteiger partial charge in [0.25, 0.3) is 0 Å². The molecule has 1 rings (SSSR count). The van der Waals surface area contributed by atoms with E-state index in [9.17, 15) is 0 Å². The second-order valence-corrected chi connectivity index (χ2v) is 3.81. The van der Waals surface area contributed by atoms with Crippen LogP contribution in [-0.4, -0.2) is 24.5 Å². The van der Waals surface area contributed by atoms with Crippen molar-refractivity contribution in [1.29, 1.82) is 5.26 Å². The molecule has 0 aliphatic carbocycles. The Morgan fingerprint density at radius 1 is 1.69 bits per heavy atom. The first-order chi connectivity index (χ1) is 6.26. The molecule has 1 atom stereocenters. The van der Waals surface area contributed by atoms with Gasteiger partial charge in [-0.1, -0.05) is 19.1 Å². The van der Waals surface area contributed by atoms with Gasteiger partial charge < -0.3 is 0 Å². The number of piperidine rings is 1. The van der Waals surface area contributed by atoms with Crippen LogP contribution in [0.4, 0.5) is 0 Å². The molecule has 1 aliphatic rings. The van der Waals surface area contributed by atoms with Crippen molar-refractivity contribution in [3.63, 3.8) is 0 Å². The molecule has 1 unspecified atom stereocenters. The summed E-state index contributed by atoms with van der Waals surface area (Å²) < 4.78 is 0. The van der Waals surface area contributed by atoms with E-state index in [2.05, 4.69) is 24.5 Å². The van der Waals surface area contributed by atoms with Crippen LogP contribution in [0.2, 0.25) is 0 Å². The summed E-state index contributed by atoms with van der Waals surface area (Å²) in [6, 6.07) is 2.35. The lowest BCUT2D eigenvalue weighted by molar-refractivity contribution is 0.214. The van der Waals surface area contributed by atoms with E-state index in [-0.39, 0.29) is 5.92 Å². The van der Waals surface area contributed by atoms with Crippen LogP contribution in [0.1, 0.15) is 26.2 Å². The summed E-state index contributed by atoms with van der Waals surface area (Å²) in [5, 5.41) is 8.80. The molecule has 0 aromatic heterocycles. The molecule has 0 aromatic rings. The largest absolute Gasteiger partial charge is 0.298 e. The Balaban J connectivity index is 2.35. The van der Waals surface area contributed by atoms with E-state index in [4.69, 9.17) is 5.26 Å². The first kappa shape index (κ1) is 10.3. The van der Waals surface area contributed by atoms with E-state index in [1.54, 1.807) is 0 Å². The molecule has 0 radical (unpaired) electrons. The van der Waals surface area contributed by atoms with Gasteiger partial charge >= 0.3 is 0 Å². The van der Waals surface area contributed by atoms with Gasteiger partial charge in [0.2, 0.25) is 0 Å². The summed E-state index contributed by atoms with van der Waals surface area (Å²) in [5.74, 6) is 0.249. The maximum absolute atomic E-state index is 8.80. The molecule has 13 heavy (non-hydrogen) atoms. The van der Waals surface area contributed by atoms with Crippen LogP contribution in [0.3, 0.4) is 0 Å². The van der Waals surface area contributed by atoms with Crippen molar-refractivity contribution >= 4 is 0 Å². The van der Waals surface area contributed by atoms with Crippen molar-refractivity contribution in [2.75, 3.05) is 19.6 Å². The SMILES string of the molecule is C=C(CC)CN1CCCC(C#N)C1. The lowest BCUT2D eigenvalue weighted by atomic mass is 9.99. The van der Waals surface area contributed by atoms with Crippen LogP contribution >= 0.6 is 0 Å². The minimum Gasteiger partial charge on any atom is -0.298 e. The Morgan fingerprint density at radius 3 is 3.08 bits per heavy atom. The summed E-state index contributed by atoms with van der Waals surface area (Å²) in [4.78, 5) is 2.35. The summed E-state index contributed by atoms with van der Waals surface area (Å²) in [6.45, 7) is 9.18. The molecule has 0 saturated carbocycles. The third-order valence-corrected chi connectivity index (χ3v) is 2.64. The van der Waals surface area contributed by atoms with E-state index >= 15 is 0 Å². The molecule has 1 aliphatic heterocycles. The quantitative estimate of drug-likeness (QED) is 0.619. The molecule has 1 fully saturated rings. The zero-order valence-electron chi connectivity index (χ0n) is 8.42. The van der Waals surface area contributed by atoms with Gasteiger partial charge in [0, 0.05) is 13.1 Å². The fourth-order valence-electron chi connectivity index (χ4n) is 1.73. The fourth-order valence-corrected chi connectivity index (χ4v) is 1.73. The van der Waals surface area contributed by atoms with E-state index in [1.807, 2.05) is 0 Å². The third kappa shape index (κ3) is 3.20. The molecule has 0 bridgehead atoms. The first-order valence-corrected chi connectivity index (χ1v) is 5.05. The highest BCUT2D eigenvalue weighted by atomic mass is 15.1. The van der Waals surface area contributed by atoms with Crippen LogP contribution in [0, 0.1) is 17.2 Å². The van der Waals surface area contributed by atoms with Gasteiger partial charge in [0.05, 0.1) is 12.0 Å². The van der Waals surface area contributed by atoms with Crippen molar-refractivity contribution in [3.8, 4) is 6.07 Å². The second-order valence-electron chi connectivity index (χ2n) is 3.81. The van der Waals surface area contributed by atoms with E-state index < -0.39 is 0 Å². The minimum absolute atomic E-state index is 0.249. The zero-order valence-corrected chi connectivity index (χ0v) is 8.42. The Labute approximate surface area is 80.8 Å². The molecular weight excluding hydrogens is 160 g/mol. The molecule has 0 amide bonds. The predicted octanol–water partition coefficient (Wildman–Crippen LogP) is 2.19. The van der Waals surface area contributed by atoms with Crippen LogP contribution in [0.25, 0.3) is 0 Å². The van der Waals surface area contributed by atoms with Crippen molar-refractivity contribution in [2.24, 2.45) is 5.92 Å². The molecule has 72 valence electrons. The van der Waals surface area contributed by atoms with E-state index in [0.29, 0.717) is 0 Å². The molecule has 1 heterocycles. The zero-order chi connectivity index (χ0) is 9.68. The van der Waals surface area contributed by atoms with Crippen LogP contribution in [-0.2, 0) is 0 Å². The normalized spacial score (nSPS) is 23.8. The van der Waals surface area contributed by atoms with Crippen molar-refractivity contribution in [1.82, 2.24) is 4.90 Å². The van der Waals surface area contributed by atoms with Gasteiger partial charge in [0.1, 0.15) is 0 Å². The van der Waals surface area contributed by atoms with Crippen molar-refractivity contribution in [3.05, 3.63) is 12.2 Å². The number of hydrogen-bond donors (Lipinski definition) is 0. The molecule has 1 saturated heterocycles. The Morgan fingerprint density at radius 2 is 2.46 bits per heavy atom. The highest BCUT2D eigenvalue weighted by molar-refractivity contribution is 4.98. The molecule has 2 nitrogen and oxygen atoms in total. The Hall–Kier alpha value is -0.810. The Kier molecular flexibility index (Phi) is 3.98. The number of hydrogen-bond acceptors (Lipinski definition) is 2. The van der Waals surface area contributed by atoms with Crippen LogP contribution in [0.15, 0.2) is 12.2 Å². The average Bonchev–Trinajstić information content (AvgIpc) is 2.18. The summed E-state index contributed by atoms with van der Waals surface area (Å²) in [6.07, 6.45) is 3.29. The van der Waals surface area contributed by atoms with Gasteiger partial charge in [-0.25, -0.2) is 0 Å². The standard InChI is InChI=1S/C11H18N2/c1-3-10(2)8-13-6-4-5-11(7-12)9-13/h11H,2-6,8-9H2,1H3. The van der Waals surface area contributed by atoms with Crippen LogP contribution in [0.5, 0.6) is 0 Å². The molecule has 0 spiro atoms. The van der Waals surface area contributed by atoms with Crippen LogP contribution < -0.4 is 0 Å². The Bertz CT molecular complexity index is 215. The smallest absolute Gasteiger partial charge is 0.0669 e. The minimum atomic E-state index is 0.249. The third-order valence-electron chi connectivity index (χ3n) is 2.64. The number of nitriles is 1. The monoisotopic (exact) mass is 178 g/mol. The number of likely N-dealkylation sites (tertiary alicyclic amines) is 1. The highest BCUT2D eigenvalue weighted by Crippen LogP contribution is 2.16. The average molecular weight is 178 g/mol. The second kappa shape index (κ2) is 5.04. The number of nitrogens with zero attached hydrogens (tertiary/aromatic N) is 2. The van der Waals surface area contributed by atoms with Gasteiger partial charge in [-0.2, -0.15) is 5.26 Å². The van der Waals surface area contributed by atoms with Gasteiger partial charge in [-0.3, -0.25) is 4.90 Å². The van der Waals surface area contributed by atoms with E-state index in [0.717, 1.165) is 38.9 Å². The molecule has 0 aromatic carbocycles.